The molecule has 3 aromatic rings. The van der Waals surface area contributed by atoms with Gasteiger partial charge in [-0.2, -0.15) is 0 Å². The average molecular weight is 452 g/mol. The second-order valence-corrected chi connectivity index (χ2v) is 10.5. The van der Waals surface area contributed by atoms with Crippen LogP contribution in [0.15, 0.2) is 91.0 Å². The van der Waals surface area contributed by atoms with E-state index in [2.05, 4.69) is 5.32 Å². The standard InChI is InChI=1S/C26H30NO4P/c1-3-31-26(25(29)19-24(27-20(2)28)21-13-7-4-8-14-21)32(30,22-15-9-5-10-16-22)23-17-11-6-12-18-23/h4-18,24-26,29H,3,19H2,1-2H3,(H,27,28)/t24?,25-,26+/m1/s1. The summed E-state index contributed by atoms with van der Waals surface area (Å²) in [6, 6.07) is 27.4. The number of hydrogen-bond donors (Lipinski definition) is 2. The van der Waals surface area contributed by atoms with E-state index in [1.807, 2.05) is 97.9 Å². The Balaban J connectivity index is 2.03. The molecule has 0 radical (unpaired) electrons. The predicted octanol–water partition coefficient (Wildman–Crippen LogP) is 3.99. The largest absolute Gasteiger partial charge is 0.390 e. The summed E-state index contributed by atoms with van der Waals surface area (Å²) >= 11 is 0. The highest BCUT2D eigenvalue weighted by Crippen LogP contribution is 2.51. The van der Waals surface area contributed by atoms with Crippen LogP contribution in [0.4, 0.5) is 0 Å². The van der Waals surface area contributed by atoms with Gasteiger partial charge in [0.2, 0.25) is 5.91 Å². The molecule has 0 bridgehead atoms. The molecule has 0 saturated carbocycles. The summed E-state index contributed by atoms with van der Waals surface area (Å²) in [5.74, 6) is -1.16. The molecule has 5 nitrogen and oxygen atoms in total. The quantitative estimate of drug-likeness (QED) is 0.457. The summed E-state index contributed by atoms with van der Waals surface area (Å²) in [6.07, 6.45) is -0.920. The number of amides is 1. The molecule has 1 amide bonds. The van der Waals surface area contributed by atoms with Gasteiger partial charge < -0.3 is 19.7 Å². The molecule has 32 heavy (non-hydrogen) atoms. The van der Waals surface area contributed by atoms with Gasteiger partial charge in [0, 0.05) is 30.6 Å². The fourth-order valence-corrected chi connectivity index (χ4v) is 7.02. The van der Waals surface area contributed by atoms with Gasteiger partial charge in [0.1, 0.15) is 5.85 Å². The zero-order valence-corrected chi connectivity index (χ0v) is 19.3. The number of rotatable bonds is 10. The number of hydrogen-bond acceptors (Lipinski definition) is 4. The van der Waals surface area contributed by atoms with Crippen molar-refractivity contribution in [1.29, 1.82) is 0 Å². The molecule has 0 aromatic heterocycles. The van der Waals surface area contributed by atoms with Crippen molar-refractivity contribution in [3.05, 3.63) is 96.6 Å². The molecular formula is C26H30NO4P. The molecule has 0 saturated heterocycles. The van der Waals surface area contributed by atoms with Gasteiger partial charge in [-0.1, -0.05) is 91.0 Å². The summed E-state index contributed by atoms with van der Waals surface area (Å²) in [5.41, 5.74) is 0.867. The summed E-state index contributed by atoms with van der Waals surface area (Å²) in [4.78, 5) is 11.9. The molecule has 2 N–H and O–H groups in total. The van der Waals surface area contributed by atoms with Crippen molar-refractivity contribution in [3.63, 3.8) is 0 Å². The zero-order valence-electron chi connectivity index (χ0n) is 18.4. The lowest BCUT2D eigenvalue weighted by molar-refractivity contribution is -0.120. The molecule has 0 fully saturated rings. The third kappa shape index (κ3) is 5.55. The molecule has 3 aromatic carbocycles. The Morgan fingerprint density at radius 3 is 1.81 bits per heavy atom. The highest BCUT2D eigenvalue weighted by molar-refractivity contribution is 7.79. The monoisotopic (exact) mass is 451 g/mol. The Kier molecular flexibility index (Phi) is 8.40. The van der Waals surface area contributed by atoms with Crippen LogP contribution in [0.5, 0.6) is 0 Å². The minimum Gasteiger partial charge on any atom is -0.390 e. The first-order chi connectivity index (χ1) is 15.5. The van der Waals surface area contributed by atoms with Crippen LogP contribution in [0.1, 0.15) is 31.9 Å². The summed E-state index contributed by atoms with van der Waals surface area (Å²) in [7, 11) is -3.37. The van der Waals surface area contributed by atoms with Crippen LogP contribution < -0.4 is 15.9 Å². The number of ether oxygens (including phenoxy) is 1. The Labute approximate surface area is 189 Å². The van der Waals surface area contributed by atoms with Crippen molar-refractivity contribution in [2.45, 2.75) is 38.3 Å². The van der Waals surface area contributed by atoms with Crippen LogP contribution in [0.3, 0.4) is 0 Å². The minimum atomic E-state index is -3.37. The molecule has 0 spiro atoms. The van der Waals surface area contributed by atoms with Crippen LogP contribution in [0.25, 0.3) is 0 Å². The molecule has 3 atom stereocenters. The summed E-state index contributed by atoms with van der Waals surface area (Å²) in [5, 5.41) is 15.6. The number of carbonyl (C=O) groups excluding carboxylic acids is 1. The van der Waals surface area contributed by atoms with Gasteiger partial charge in [0.05, 0.1) is 12.1 Å². The molecule has 0 aliphatic carbocycles. The van der Waals surface area contributed by atoms with Crippen molar-refractivity contribution in [3.8, 4) is 0 Å². The van der Waals surface area contributed by atoms with E-state index in [1.54, 1.807) is 0 Å². The van der Waals surface area contributed by atoms with Crippen molar-refractivity contribution in [2.75, 3.05) is 6.61 Å². The first-order valence-corrected chi connectivity index (χ1v) is 12.6. The van der Waals surface area contributed by atoms with Gasteiger partial charge in [-0.3, -0.25) is 4.79 Å². The lowest BCUT2D eigenvalue weighted by Gasteiger charge is -2.33. The van der Waals surface area contributed by atoms with Crippen LogP contribution in [-0.4, -0.2) is 29.6 Å². The third-order valence-electron chi connectivity index (χ3n) is 5.36. The van der Waals surface area contributed by atoms with E-state index in [0.717, 1.165) is 5.56 Å². The van der Waals surface area contributed by atoms with E-state index in [4.69, 9.17) is 4.74 Å². The number of carbonyl (C=O) groups is 1. The summed E-state index contributed by atoms with van der Waals surface area (Å²) < 4.78 is 20.7. The van der Waals surface area contributed by atoms with Gasteiger partial charge >= 0.3 is 0 Å². The maximum Gasteiger partial charge on any atom is 0.217 e. The summed E-state index contributed by atoms with van der Waals surface area (Å²) in [6.45, 7) is 3.56. The number of nitrogens with one attached hydrogen (secondary N) is 1. The first-order valence-electron chi connectivity index (χ1n) is 10.8. The van der Waals surface area contributed by atoms with Crippen molar-refractivity contribution >= 4 is 23.7 Å². The van der Waals surface area contributed by atoms with E-state index < -0.39 is 25.1 Å². The van der Waals surface area contributed by atoms with Crippen molar-refractivity contribution < 1.29 is 19.2 Å². The highest BCUT2D eigenvalue weighted by atomic mass is 31.2. The van der Waals surface area contributed by atoms with Gasteiger partial charge in [-0.15, -0.1) is 0 Å². The molecule has 0 aliphatic heterocycles. The average Bonchev–Trinajstić information content (AvgIpc) is 2.83. The first kappa shape index (κ1) is 23.9. The third-order valence-corrected chi connectivity index (χ3v) is 8.70. The second-order valence-electron chi connectivity index (χ2n) is 7.64. The highest BCUT2D eigenvalue weighted by Gasteiger charge is 2.42. The zero-order chi connectivity index (χ0) is 23.0. The van der Waals surface area contributed by atoms with E-state index >= 15 is 0 Å². The lowest BCUT2D eigenvalue weighted by Crippen LogP contribution is -2.39. The predicted molar refractivity (Wildman–Crippen MR) is 129 cm³/mol. The van der Waals surface area contributed by atoms with Crippen LogP contribution in [0, 0.1) is 0 Å². The van der Waals surface area contributed by atoms with Crippen LogP contribution in [0.2, 0.25) is 0 Å². The van der Waals surface area contributed by atoms with E-state index in [-0.39, 0.29) is 12.3 Å². The Bertz CT molecular complexity index is 984. The smallest absolute Gasteiger partial charge is 0.217 e. The van der Waals surface area contributed by atoms with Crippen molar-refractivity contribution in [2.24, 2.45) is 0 Å². The topological polar surface area (TPSA) is 75.6 Å². The minimum absolute atomic E-state index is 0.165. The second kappa shape index (κ2) is 11.2. The van der Waals surface area contributed by atoms with Crippen LogP contribution >= 0.6 is 7.14 Å². The van der Waals surface area contributed by atoms with Crippen LogP contribution in [-0.2, 0) is 14.1 Å². The molecule has 3 rings (SSSR count). The van der Waals surface area contributed by atoms with E-state index in [1.165, 1.54) is 6.92 Å². The maximum absolute atomic E-state index is 14.7. The molecule has 0 heterocycles. The van der Waals surface area contributed by atoms with E-state index in [0.29, 0.717) is 17.2 Å². The Hall–Kier alpha value is -2.72. The van der Waals surface area contributed by atoms with Gasteiger partial charge in [-0.25, -0.2) is 0 Å². The molecular weight excluding hydrogens is 421 g/mol. The molecule has 1 unspecified atom stereocenters. The number of aliphatic hydroxyl groups is 1. The van der Waals surface area contributed by atoms with Crippen molar-refractivity contribution in [1.82, 2.24) is 5.32 Å². The Morgan fingerprint density at radius 2 is 1.38 bits per heavy atom. The number of benzene rings is 3. The molecule has 6 heteroatoms. The maximum atomic E-state index is 14.7. The molecule has 168 valence electrons. The lowest BCUT2D eigenvalue weighted by atomic mass is 10.0. The SMILES string of the molecule is CCO[C@H]([C@H](O)CC(NC(C)=O)c1ccccc1)P(=O)(c1ccccc1)c1ccccc1. The molecule has 0 aliphatic rings. The fraction of sp³-hybridized carbons (Fsp3) is 0.269. The van der Waals surface area contributed by atoms with Gasteiger partial charge in [0.15, 0.2) is 7.14 Å². The van der Waals surface area contributed by atoms with E-state index in [9.17, 15) is 14.5 Å². The van der Waals surface area contributed by atoms with Gasteiger partial charge in [0.25, 0.3) is 0 Å². The number of aliphatic hydroxyl groups excluding tert-OH is 1. The Morgan fingerprint density at radius 1 is 0.906 bits per heavy atom. The van der Waals surface area contributed by atoms with Gasteiger partial charge in [-0.05, 0) is 12.5 Å². The normalized spacial score (nSPS) is 14.3. The fourth-order valence-electron chi connectivity index (χ4n) is 3.94.